The number of aliphatic hydroxyl groups is 3. The minimum atomic E-state index is -2.49. The van der Waals surface area contributed by atoms with Gasteiger partial charge in [0.25, 0.3) is 5.91 Å². The zero-order valence-electron chi connectivity index (χ0n) is 24.7. The third-order valence-corrected chi connectivity index (χ3v) is 8.35. The van der Waals surface area contributed by atoms with Gasteiger partial charge in [0.1, 0.15) is 25.1 Å². The van der Waals surface area contributed by atoms with Crippen LogP contribution in [0.2, 0.25) is 0 Å². The molecule has 0 bridgehead atoms. The lowest BCUT2D eigenvalue weighted by molar-refractivity contribution is -0.305. The van der Waals surface area contributed by atoms with E-state index < -0.39 is 22.7 Å². The Morgan fingerprint density at radius 2 is 1.89 bits per heavy atom. The van der Waals surface area contributed by atoms with Crippen molar-refractivity contribution in [2.24, 2.45) is 0 Å². The second-order valence-electron chi connectivity index (χ2n) is 11.1. The van der Waals surface area contributed by atoms with Crippen LogP contribution in [0.25, 0.3) is 22.3 Å². The zero-order valence-corrected chi connectivity index (χ0v) is 25.5. The van der Waals surface area contributed by atoms with Gasteiger partial charge >= 0.3 is 0 Å². The predicted octanol–water partition coefficient (Wildman–Crippen LogP) is 1.76. The summed E-state index contributed by atoms with van der Waals surface area (Å²) < 4.78 is 20.3. The normalized spacial score (nSPS) is 23.3. The summed E-state index contributed by atoms with van der Waals surface area (Å²) >= 11 is 1.43. The maximum atomic E-state index is 14.9. The van der Waals surface area contributed by atoms with E-state index in [0.29, 0.717) is 39.9 Å². The van der Waals surface area contributed by atoms with E-state index in [4.69, 9.17) is 28.3 Å². The number of amides is 1. The molecule has 1 aliphatic rings. The summed E-state index contributed by atoms with van der Waals surface area (Å²) in [4.78, 5) is 28.4. The lowest BCUT2D eigenvalue weighted by Crippen LogP contribution is -2.74. The lowest BCUT2D eigenvalue weighted by Gasteiger charge is -2.56. The number of pyridine rings is 3. The fourth-order valence-electron chi connectivity index (χ4n) is 4.98. The SMILES string of the molecule is [B]Cc1ccc(C(=O)NCc2cc3nc(-c4cc(F)cc(N5CC([B])(C)OC(C)(O)C5([B])O)n4)ccc3cn2)cc1SCCO. The first-order valence-electron chi connectivity index (χ1n) is 14.0. The number of rotatable bonds is 9. The molecule has 3 aromatic heterocycles. The van der Waals surface area contributed by atoms with Gasteiger partial charge in [-0.25, -0.2) is 14.4 Å². The van der Waals surface area contributed by atoms with E-state index in [0.717, 1.165) is 28.3 Å². The summed E-state index contributed by atoms with van der Waals surface area (Å²) in [6.45, 7) is 2.54. The average Bonchev–Trinajstić information content (AvgIpc) is 2.99. The van der Waals surface area contributed by atoms with Gasteiger partial charge in [-0.1, -0.05) is 12.4 Å². The van der Waals surface area contributed by atoms with Crippen molar-refractivity contribution in [1.82, 2.24) is 20.3 Å². The van der Waals surface area contributed by atoms with Gasteiger partial charge in [-0.2, -0.15) is 0 Å². The average molecular weight is 623 g/mol. The number of hydrogen-bond acceptors (Lipinski definition) is 10. The molecule has 3 unspecified atom stereocenters. The topological polar surface area (TPSA) is 141 Å². The first kappa shape index (κ1) is 32.9. The Hall–Kier alpha value is -3.49. The fraction of sp³-hybridized carbons (Fsp3) is 0.333. The number of carbonyl (C=O) groups is 1. The molecule has 1 saturated heterocycles. The van der Waals surface area contributed by atoms with Crippen LogP contribution in [0.15, 0.2) is 59.6 Å². The van der Waals surface area contributed by atoms with Gasteiger partial charge in [0, 0.05) is 52.0 Å². The molecule has 10 nitrogen and oxygen atoms in total. The van der Waals surface area contributed by atoms with Crippen molar-refractivity contribution in [2.75, 3.05) is 23.8 Å². The first-order valence-corrected chi connectivity index (χ1v) is 15.0. The van der Waals surface area contributed by atoms with E-state index in [2.05, 4.69) is 20.3 Å². The van der Waals surface area contributed by atoms with Crippen LogP contribution >= 0.6 is 11.8 Å². The summed E-state index contributed by atoms with van der Waals surface area (Å²) in [5.74, 6) is -2.91. The van der Waals surface area contributed by atoms with Crippen molar-refractivity contribution in [2.45, 2.75) is 48.5 Å². The lowest BCUT2D eigenvalue weighted by atomic mass is 9.73. The smallest absolute Gasteiger partial charge is 0.251 e. The number of halogens is 1. The van der Waals surface area contributed by atoms with Gasteiger partial charge in [0.2, 0.25) is 5.79 Å². The fourth-order valence-corrected chi connectivity index (χ4v) is 5.84. The number of ether oxygens (including phenoxy) is 1. The number of anilines is 1. The summed E-state index contributed by atoms with van der Waals surface area (Å²) in [5.41, 5.74) is -1.10. The number of fused-ring (bicyclic) bond motifs is 1. The molecular weight excluding hydrogens is 594 g/mol. The van der Waals surface area contributed by atoms with Crippen molar-refractivity contribution in [3.8, 4) is 11.4 Å². The number of aliphatic hydroxyl groups excluding tert-OH is 1. The quantitative estimate of drug-likeness (QED) is 0.161. The maximum absolute atomic E-state index is 14.9. The molecule has 4 aromatic rings. The highest BCUT2D eigenvalue weighted by Crippen LogP contribution is 2.38. The molecule has 0 spiro atoms. The van der Waals surface area contributed by atoms with Crippen molar-refractivity contribution in [1.29, 1.82) is 0 Å². The molecular formula is C30H29B3FN5O5S. The van der Waals surface area contributed by atoms with Crippen LogP contribution < -0.4 is 10.2 Å². The first-order chi connectivity index (χ1) is 21.2. The van der Waals surface area contributed by atoms with Gasteiger partial charge in [0.05, 0.1) is 43.6 Å². The van der Waals surface area contributed by atoms with Gasteiger partial charge in [0.15, 0.2) is 7.85 Å². The number of benzene rings is 1. The molecule has 45 heavy (non-hydrogen) atoms. The van der Waals surface area contributed by atoms with E-state index in [9.17, 15) is 24.5 Å². The highest BCUT2D eigenvalue weighted by Gasteiger charge is 2.55. The molecule has 1 aromatic carbocycles. The van der Waals surface area contributed by atoms with Gasteiger partial charge in [-0.15, -0.1) is 11.8 Å². The van der Waals surface area contributed by atoms with Crippen LogP contribution in [0.5, 0.6) is 0 Å². The summed E-state index contributed by atoms with van der Waals surface area (Å²) in [7, 11) is 17.9. The Labute approximate surface area is 268 Å². The van der Waals surface area contributed by atoms with Crippen LogP contribution in [0.4, 0.5) is 10.2 Å². The molecule has 1 aliphatic heterocycles. The second kappa shape index (κ2) is 12.7. The minimum absolute atomic E-state index is 0.00677. The standard InChI is InChI=1S/C30H29B3FN5O5S/c1-28(32)16-39(30(33,43)29(2,42)44-28)26-11-20(34)10-24(38-26)22-6-5-19-14-35-21(12-23(19)37-22)15-36-27(41)17-3-4-18(13-31)25(9-17)45-8-7-40/h3-6,9-12,14,40,42-43H,7-8,13,15-16H2,1-2H3,(H,36,41). The number of aromatic nitrogens is 3. The van der Waals surface area contributed by atoms with E-state index in [1.54, 1.807) is 42.6 Å². The number of nitrogens with one attached hydrogen (secondary N) is 1. The molecule has 4 N–H and O–H groups in total. The van der Waals surface area contributed by atoms with Crippen LogP contribution in [-0.4, -0.2) is 95.5 Å². The summed E-state index contributed by atoms with van der Waals surface area (Å²) in [5, 5.41) is 34.4. The van der Waals surface area contributed by atoms with E-state index >= 15 is 0 Å². The van der Waals surface area contributed by atoms with Crippen molar-refractivity contribution < 1.29 is 29.2 Å². The Morgan fingerprint density at radius 1 is 1.11 bits per heavy atom. The molecule has 6 radical (unpaired) electrons. The van der Waals surface area contributed by atoms with E-state index in [-0.39, 0.29) is 37.1 Å². The second-order valence-corrected chi connectivity index (χ2v) is 12.2. The molecule has 1 amide bonds. The molecule has 15 heteroatoms. The largest absolute Gasteiger partial charge is 0.396 e. The molecule has 226 valence electrons. The number of hydrogen-bond donors (Lipinski definition) is 4. The van der Waals surface area contributed by atoms with Crippen molar-refractivity contribution in [3.05, 3.63) is 77.4 Å². The van der Waals surface area contributed by atoms with Gasteiger partial charge < -0.3 is 30.3 Å². The summed E-state index contributed by atoms with van der Waals surface area (Å²) in [6, 6.07) is 12.6. The molecule has 0 aliphatic carbocycles. The van der Waals surface area contributed by atoms with Crippen molar-refractivity contribution in [3.63, 3.8) is 0 Å². The van der Waals surface area contributed by atoms with Crippen LogP contribution in [0.1, 0.15) is 35.5 Å². The van der Waals surface area contributed by atoms with Gasteiger partial charge in [-0.3, -0.25) is 9.78 Å². The monoisotopic (exact) mass is 623 g/mol. The summed E-state index contributed by atoms with van der Waals surface area (Å²) in [6.07, 6.45) is 1.93. The number of thioether (sulfide) groups is 1. The Balaban J connectivity index is 1.39. The Kier molecular flexibility index (Phi) is 9.30. The number of carbonyl (C=O) groups excluding carboxylic acids is 1. The number of morpholine rings is 1. The zero-order chi connectivity index (χ0) is 32.6. The van der Waals surface area contributed by atoms with Crippen LogP contribution in [0, 0.1) is 5.82 Å². The number of nitrogens with zero attached hydrogens (tertiary/aromatic N) is 4. The molecule has 3 atom stereocenters. The highest BCUT2D eigenvalue weighted by atomic mass is 32.2. The maximum Gasteiger partial charge on any atom is 0.251 e. The van der Waals surface area contributed by atoms with E-state index in [1.165, 1.54) is 24.8 Å². The third-order valence-electron chi connectivity index (χ3n) is 7.27. The van der Waals surface area contributed by atoms with E-state index in [1.807, 2.05) is 0 Å². The van der Waals surface area contributed by atoms with Crippen LogP contribution in [-0.2, 0) is 17.6 Å². The van der Waals surface area contributed by atoms with Crippen molar-refractivity contribution >= 4 is 57.9 Å². The molecule has 5 rings (SSSR count). The minimum Gasteiger partial charge on any atom is -0.396 e. The highest BCUT2D eigenvalue weighted by molar-refractivity contribution is 7.99. The Morgan fingerprint density at radius 3 is 2.62 bits per heavy atom. The molecule has 4 heterocycles. The third kappa shape index (κ3) is 7.02. The predicted molar refractivity (Wildman–Crippen MR) is 172 cm³/mol. The van der Waals surface area contributed by atoms with Gasteiger partial charge in [-0.05, 0) is 49.7 Å². The Bertz CT molecular complexity index is 1750. The molecule has 0 saturated carbocycles. The molecule has 1 fully saturated rings. The van der Waals surface area contributed by atoms with Crippen LogP contribution in [0.3, 0.4) is 0 Å².